The summed E-state index contributed by atoms with van der Waals surface area (Å²) in [5.41, 5.74) is 0.669. The first-order valence-corrected chi connectivity index (χ1v) is 13.0. The number of nitrogens with zero attached hydrogens (tertiary/aromatic N) is 4. The number of benzene rings is 1. The Balaban J connectivity index is 1.37. The highest BCUT2D eigenvalue weighted by molar-refractivity contribution is 5.94. The van der Waals surface area contributed by atoms with Gasteiger partial charge in [-0.1, -0.05) is 30.3 Å². The van der Waals surface area contributed by atoms with Crippen molar-refractivity contribution in [3.8, 4) is 0 Å². The van der Waals surface area contributed by atoms with E-state index >= 15 is 0 Å². The number of pyridine rings is 1. The smallest absolute Gasteiger partial charge is 0.321 e. The van der Waals surface area contributed by atoms with Gasteiger partial charge in [0.1, 0.15) is 6.54 Å². The maximum absolute atomic E-state index is 13.7. The van der Waals surface area contributed by atoms with Gasteiger partial charge >= 0.3 is 6.03 Å². The van der Waals surface area contributed by atoms with Crippen LogP contribution in [-0.4, -0.2) is 81.6 Å². The summed E-state index contributed by atoms with van der Waals surface area (Å²) in [5.74, 6) is -0.225. The normalized spacial score (nSPS) is 27.4. The lowest BCUT2D eigenvalue weighted by atomic mass is 9.67. The van der Waals surface area contributed by atoms with Gasteiger partial charge in [0.25, 0.3) is 0 Å². The molecule has 192 valence electrons. The third-order valence-corrected chi connectivity index (χ3v) is 8.77. The lowest BCUT2D eigenvalue weighted by Crippen LogP contribution is -2.59. The Kier molecular flexibility index (Phi) is 6.51. The van der Waals surface area contributed by atoms with Crippen LogP contribution in [0.5, 0.6) is 0 Å². The highest BCUT2D eigenvalue weighted by atomic mass is 16.3. The van der Waals surface area contributed by atoms with Crippen molar-refractivity contribution in [3.05, 3.63) is 60.4 Å². The molecule has 1 saturated heterocycles. The number of nitrogens with one attached hydrogen (secondary N) is 1. The molecule has 0 unspecified atom stereocenters. The highest BCUT2D eigenvalue weighted by Crippen LogP contribution is 2.50. The lowest BCUT2D eigenvalue weighted by molar-refractivity contribution is -0.116. The van der Waals surface area contributed by atoms with Gasteiger partial charge < -0.3 is 20.2 Å². The van der Waals surface area contributed by atoms with Crippen LogP contribution in [0.4, 0.5) is 10.5 Å². The molecule has 0 radical (unpaired) electrons. The molecule has 3 aliphatic rings. The minimum Gasteiger partial charge on any atom is -0.388 e. The minimum absolute atomic E-state index is 0.00462. The van der Waals surface area contributed by atoms with Crippen LogP contribution < -0.4 is 5.32 Å². The van der Waals surface area contributed by atoms with E-state index in [9.17, 15) is 14.7 Å². The average Bonchev–Trinajstić information content (AvgIpc) is 3.09. The number of urea groups is 1. The summed E-state index contributed by atoms with van der Waals surface area (Å²) < 4.78 is 0. The molecule has 1 aromatic heterocycles. The van der Waals surface area contributed by atoms with Crippen LogP contribution in [0.1, 0.15) is 50.5 Å². The number of aliphatic hydroxyl groups is 1. The first-order chi connectivity index (χ1) is 17.3. The Bertz CT molecular complexity index is 1080. The molecule has 1 aliphatic heterocycles. The Hall–Kier alpha value is -2.97. The van der Waals surface area contributed by atoms with Gasteiger partial charge in [-0.05, 0) is 76.7 Å². The van der Waals surface area contributed by atoms with Crippen LogP contribution in [0.15, 0.2) is 54.9 Å². The molecule has 2 saturated carbocycles. The van der Waals surface area contributed by atoms with E-state index in [1.54, 1.807) is 29.4 Å². The summed E-state index contributed by atoms with van der Waals surface area (Å²) in [4.78, 5) is 36.4. The summed E-state index contributed by atoms with van der Waals surface area (Å²) >= 11 is 0. The van der Waals surface area contributed by atoms with Crippen molar-refractivity contribution in [1.82, 2.24) is 19.7 Å². The standard InChI is InChI=1S/C28H37N5O3/c1-31(2)28(22-7-4-3-5-8-22)15-13-26(14-16-28)20-32(19-24(34)30-23-9-17-29-18-10-23)25(35)33(26)21-27(36)11-6-12-27/h3-5,7-10,17-18,36H,6,11-16,19-21H2,1-2H3,(H,29,30,34)/t26-,28-. The zero-order valence-corrected chi connectivity index (χ0v) is 21.3. The van der Waals surface area contributed by atoms with Crippen molar-refractivity contribution in [1.29, 1.82) is 0 Å². The van der Waals surface area contributed by atoms with Crippen LogP contribution in [0.25, 0.3) is 0 Å². The predicted molar refractivity (Wildman–Crippen MR) is 138 cm³/mol. The largest absolute Gasteiger partial charge is 0.388 e. The van der Waals surface area contributed by atoms with Gasteiger partial charge in [-0.2, -0.15) is 0 Å². The topological polar surface area (TPSA) is 89.0 Å². The average molecular weight is 492 g/mol. The van der Waals surface area contributed by atoms with Crippen LogP contribution >= 0.6 is 0 Å². The van der Waals surface area contributed by atoms with Crippen molar-refractivity contribution in [2.24, 2.45) is 0 Å². The molecule has 3 amide bonds. The zero-order valence-electron chi connectivity index (χ0n) is 21.3. The number of amides is 3. The van der Waals surface area contributed by atoms with Gasteiger partial charge in [-0.25, -0.2) is 4.79 Å². The monoisotopic (exact) mass is 491 g/mol. The number of hydrogen-bond acceptors (Lipinski definition) is 5. The van der Waals surface area contributed by atoms with Gasteiger partial charge in [-0.3, -0.25) is 14.7 Å². The second-order valence-electron chi connectivity index (χ2n) is 11.1. The van der Waals surface area contributed by atoms with E-state index in [1.807, 2.05) is 11.0 Å². The summed E-state index contributed by atoms with van der Waals surface area (Å²) in [6.07, 6.45) is 9.14. The van der Waals surface area contributed by atoms with Crippen molar-refractivity contribution in [2.45, 2.75) is 61.6 Å². The second kappa shape index (κ2) is 9.48. The zero-order chi connectivity index (χ0) is 25.4. The number of β-amino-alcohol motifs (C(OH)–C–C–N with tert-alkyl or cyclic N) is 1. The molecule has 2 aliphatic carbocycles. The fourth-order valence-corrected chi connectivity index (χ4v) is 6.39. The number of aromatic nitrogens is 1. The third-order valence-electron chi connectivity index (χ3n) is 8.77. The molecular formula is C28H37N5O3. The van der Waals surface area contributed by atoms with Gasteiger partial charge in [0.05, 0.1) is 17.7 Å². The van der Waals surface area contributed by atoms with Crippen molar-refractivity contribution < 1.29 is 14.7 Å². The van der Waals surface area contributed by atoms with E-state index in [2.05, 4.69) is 53.6 Å². The summed E-state index contributed by atoms with van der Waals surface area (Å²) in [6.45, 7) is 0.841. The van der Waals surface area contributed by atoms with Crippen molar-refractivity contribution >= 4 is 17.6 Å². The molecule has 0 bridgehead atoms. The van der Waals surface area contributed by atoms with E-state index in [4.69, 9.17) is 0 Å². The molecule has 36 heavy (non-hydrogen) atoms. The summed E-state index contributed by atoms with van der Waals surface area (Å²) in [7, 11) is 4.27. The Morgan fingerprint density at radius 3 is 2.28 bits per heavy atom. The maximum Gasteiger partial charge on any atom is 0.321 e. The van der Waals surface area contributed by atoms with E-state index in [1.165, 1.54) is 5.56 Å². The molecule has 5 rings (SSSR count). The first-order valence-electron chi connectivity index (χ1n) is 13.0. The molecule has 1 spiro atoms. The van der Waals surface area contributed by atoms with E-state index in [0.717, 1.165) is 44.9 Å². The Morgan fingerprint density at radius 2 is 1.69 bits per heavy atom. The molecule has 2 aromatic rings. The number of carbonyl (C=O) groups is 2. The van der Waals surface area contributed by atoms with Crippen LogP contribution in [0, 0.1) is 0 Å². The number of anilines is 1. The third kappa shape index (κ3) is 4.48. The van der Waals surface area contributed by atoms with E-state index < -0.39 is 5.60 Å². The number of hydrogen-bond donors (Lipinski definition) is 2. The molecule has 8 nitrogen and oxygen atoms in total. The van der Waals surface area contributed by atoms with Gasteiger partial charge in [0.15, 0.2) is 0 Å². The quantitative estimate of drug-likeness (QED) is 0.619. The second-order valence-corrected chi connectivity index (χ2v) is 11.1. The van der Waals surface area contributed by atoms with Crippen LogP contribution in [-0.2, 0) is 10.3 Å². The molecule has 1 aromatic carbocycles. The van der Waals surface area contributed by atoms with Crippen LogP contribution in [0.2, 0.25) is 0 Å². The number of carbonyl (C=O) groups excluding carboxylic acids is 2. The highest BCUT2D eigenvalue weighted by Gasteiger charge is 2.56. The van der Waals surface area contributed by atoms with E-state index in [-0.39, 0.29) is 29.6 Å². The molecule has 3 fully saturated rings. The fourth-order valence-electron chi connectivity index (χ4n) is 6.39. The SMILES string of the molecule is CN(C)[C@]1(c2ccccc2)CC[C@@]2(CC1)CN(CC(=O)Nc1ccncc1)C(=O)N2CC1(O)CCC1. The Labute approximate surface area is 213 Å². The van der Waals surface area contributed by atoms with Gasteiger partial charge in [0, 0.05) is 30.2 Å². The van der Waals surface area contributed by atoms with Gasteiger partial charge in [0.2, 0.25) is 5.91 Å². The maximum atomic E-state index is 13.7. The predicted octanol–water partition coefficient (Wildman–Crippen LogP) is 3.44. The molecule has 2 heterocycles. The van der Waals surface area contributed by atoms with Crippen molar-refractivity contribution in [2.75, 3.05) is 39.0 Å². The summed E-state index contributed by atoms with van der Waals surface area (Å²) in [6, 6.07) is 13.9. The van der Waals surface area contributed by atoms with E-state index in [0.29, 0.717) is 18.8 Å². The lowest BCUT2D eigenvalue weighted by Gasteiger charge is -2.52. The molecular weight excluding hydrogens is 454 g/mol. The molecule has 8 heteroatoms. The van der Waals surface area contributed by atoms with Gasteiger partial charge in [-0.15, -0.1) is 0 Å². The Morgan fingerprint density at radius 1 is 1.03 bits per heavy atom. The van der Waals surface area contributed by atoms with Crippen LogP contribution in [0.3, 0.4) is 0 Å². The minimum atomic E-state index is -0.812. The fraction of sp³-hybridized carbons (Fsp3) is 0.536. The summed E-state index contributed by atoms with van der Waals surface area (Å²) in [5, 5.41) is 13.9. The molecule has 0 atom stereocenters. The molecule has 2 N–H and O–H groups in total. The van der Waals surface area contributed by atoms with Crippen molar-refractivity contribution in [3.63, 3.8) is 0 Å². The number of rotatable bonds is 7. The first kappa shape index (κ1) is 24.7.